The molecule has 4 heteroatoms. The number of nitrogens with two attached hydrogens (primary N) is 1. The van der Waals surface area contributed by atoms with Gasteiger partial charge in [-0.05, 0) is 37.7 Å². The van der Waals surface area contributed by atoms with Gasteiger partial charge in [-0.2, -0.15) is 0 Å². The van der Waals surface area contributed by atoms with E-state index in [0.29, 0.717) is 12.5 Å². The summed E-state index contributed by atoms with van der Waals surface area (Å²) in [5.74, 6) is 0.385. The predicted molar refractivity (Wildman–Crippen MR) is 79.2 cm³/mol. The Kier molecular flexibility index (Phi) is 3.78. The Labute approximate surface area is 116 Å². The van der Waals surface area contributed by atoms with Crippen molar-refractivity contribution in [3.05, 3.63) is 29.8 Å². The molecule has 0 aromatic heterocycles. The Balaban J connectivity index is 2.24. The third kappa shape index (κ3) is 2.45. The van der Waals surface area contributed by atoms with Crippen molar-refractivity contribution >= 4 is 12.6 Å². The largest absolute Gasteiger partial charge is 0.494 e. The Hall–Kier alpha value is -0.835. The summed E-state index contributed by atoms with van der Waals surface area (Å²) in [7, 11) is -0.297. The molecule has 1 aliphatic rings. The van der Waals surface area contributed by atoms with Crippen molar-refractivity contribution in [1.29, 1.82) is 0 Å². The fraction of sp³-hybridized carbons (Fsp3) is 0.600. The van der Waals surface area contributed by atoms with Crippen LogP contribution in [0.5, 0.6) is 0 Å². The SMILES string of the molecule is CC(C)C1(C)OB(c2ccc(CN)cc2)OC1(C)C. The summed E-state index contributed by atoms with van der Waals surface area (Å²) < 4.78 is 12.4. The number of benzene rings is 1. The highest BCUT2D eigenvalue weighted by molar-refractivity contribution is 6.62. The van der Waals surface area contributed by atoms with Crippen LogP contribution in [-0.4, -0.2) is 18.3 Å². The second kappa shape index (κ2) is 4.93. The molecule has 0 aliphatic carbocycles. The third-order valence-electron chi connectivity index (χ3n) is 4.54. The molecule has 0 amide bonds. The van der Waals surface area contributed by atoms with Crippen molar-refractivity contribution in [2.75, 3.05) is 0 Å². The highest BCUT2D eigenvalue weighted by Gasteiger charge is 2.55. The minimum atomic E-state index is -0.307. The molecule has 0 saturated carbocycles. The molecule has 19 heavy (non-hydrogen) atoms. The lowest BCUT2D eigenvalue weighted by atomic mass is 9.78. The first-order valence-electron chi connectivity index (χ1n) is 6.94. The zero-order valence-corrected chi connectivity index (χ0v) is 12.6. The van der Waals surface area contributed by atoms with E-state index in [-0.39, 0.29) is 18.3 Å². The Morgan fingerprint density at radius 2 is 1.68 bits per heavy atom. The molecule has 1 aromatic rings. The highest BCUT2D eigenvalue weighted by atomic mass is 16.7. The van der Waals surface area contributed by atoms with Gasteiger partial charge in [0, 0.05) is 6.54 Å². The van der Waals surface area contributed by atoms with Crippen molar-refractivity contribution in [3.63, 3.8) is 0 Å². The first-order valence-corrected chi connectivity index (χ1v) is 6.94. The second-order valence-electron chi connectivity index (χ2n) is 6.29. The zero-order valence-electron chi connectivity index (χ0n) is 12.6. The monoisotopic (exact) mass is 261 g/mol. The molecule has 1 aromatic carbocycles. The smallest absolute Gasteiger partial charge is 0.399 e. The molecule has 104 valence electrons. The van der Waals surface area contributed by atoms with Gasteiger partial charge >= 0.3 is 7.12 Å². The van der Waals surface area contributed by atoms with E-state index in [1.54, 1.807) is 0 Å². The van der Waals surface area contributed by atoms with Gasteiger partial charge in [0.1, 0.15) is 0 Å². The van der Waals surface area contributed by atoms with E-state index in [4.69, 9.17) is 15.0 Å². The second-order valence-corrected chi connectivity index (χ2v) is 6.29. The fourth-order valence-corrected chi connectivity index (χ4v) is 2.55. The number of hydrogen-bond acceptors (Lipinski definition) is 3. The third-order valence-corrected chi connectivity index (χ3v) is 4.54. The molecular weight excluding hydrogens is 237 g/mol. The summed E-state index contributed by atoms with van der Waals surface area (Å²) in [5, 5.41) is 0. The van der Waals surface area contributed by atoms with Crippen molar-refractivity contribution in [2.45, 2.75) is 52.4 Å². The van der Waals surface area contributed by atoms with E-state index >= 15 is 0 Å². The van der Waals surface area contributed by atoms with Crippen LogP contribution >= 0.6 is 0 Å². The van der Waals surface area contributed by atoms with E-state index in [2.05, 4.69) is 34.6 Å². The molecular formula is C15H24BNO2. The van der Waals surface area contributed by atoms with Gasteiger partial charge in [-0.15, -0.1) is 0 Å². The maximum atomic E-state index is 6.23. The zero-order chi connectivity index (χ0) is 14.3. The molecule has 1 saturated heterocycles. The average molecular weight is 261 g/mol. The summed E-state index contributed by atoms with van der Waals surface area (Å²) in [5.41, 5.74) is 7.19. The van der Waals surface area contributed by atoms with Gasteiger partial charge in [-0.1, -0.05) is 38.1 Å². The normalized spacial score (nSPS) is 26.2. The minimum Gasteiger partial charge on any atom is -0.399 e. The molecule has 2 rings (SSSR count). The summed E-state index contributed by atoms with van der Waals surface area (Å²) in [4.78, 5) is 0. The van der Waals surface area contributed by atoms with E-state index in [9.17, 15) is 0 Å². The highest BCUT2D eigenvalue weighted by Crippen LogP contribution is 2.42. The first kappa shape index (κ1) is 14.6. The lowest BCUT2D eigenvalue weighted by Gasteiger charge is -2.39. The van der Waals surface area contributed by atoms with E-state index in [0.717, 1.165) is 11.0 Å². The molecule has 3 nitrogen and oxygen atoms in total. The molecule has 1 heterocycles. The van der Waals surface area contributed by atoms with Gasteiger partial charge in [0.05, 0.1) is 11.2 Å². The van der Waals surface area contributed by atoms with Gasteiger partial charge in [0.25, 0.3) is 0 Å². The van der Waals surface area contributed by atoms with Crippen molar-refractivity contribution in [1.82, 2.24) is 0 Å². The molecule has 1 unspecified atom stereocenters. The van der Waals surface area contributed by atoms with Gasteiger partial charge < -0.3 is 15.0 Å². The molecule has 0 bridgehead atoms. The number of hydrogen-bond donors (Lipinski definition) is 1. The Morgan fingerprint density at radius 3 is 2.11 bits per heavy atom. The van der Waals surface area contributed by atoms with Crippen LogP contribution in [-0.2, 0) is 15.9 Å². The molecule has 0 radical (unpaired) electrons. The van der Waals surface area contributed by atoms with Crippen molar-refractivity contribution in [3.8, 4) is 0 Å². The predicted octanol–water partition coefficient (Wildman–Crippen LogP) is 2.08. The van der Waals surface area contributed by atoms with Crippen LogP contribution in [0.4, 0.5) is 0 Å². The fourth-order valence-electron chi connectivity index (χ4n) is 2.55. The van der Waals surface area contributed by atoms with Crippen LogP contribution in [0.15, 0.2) is 24.3 Å². The van der Waals surface area contributed by atoms with Gasteiger partial charge in [-0.3, -0.25) is 0 Å². The maximum Gasteiger partial charge on any atom is 0.494 e. The first-order chi connectivity index (χ1) is 8.80. The van der Waals surface area contributed by atoms with E-state index in [1.165, 1.54) is 0 Å². The van der Waals surface area contributed by atoms with Gasteiger partial charge in [-0.25, -0.2) is 0 Å². The van der Waals surface area contributed by atoms with Gasteiger partial charge in [0.15, 0.2) is 0 Å². The molecule has 1 fully saturated rings. The Bertz CT molecular complexity index is 444. The van der Waals surface area contributed by atoms with Crippen LogP contribution in [0.25, 0.3) is 0 Å². The summed E-state index contributed by atoms with van der Waals surface area (Å²) in [6, 6.07) is 8.13. The van der Waals surface area contributed by atoms with Crippen molar-refractivity contribution in [2.24, 2.45) is 11.7 Å². The molecule has 1 aliphatic heterocycles. The maximum absolute atomic E-state index is 6.23. The topological polar surface area (TPSA) is 44.5 Å². The lowest BCUT2D eigenvalue weighted by molar-refractivity contribution is -0.0435. The summed E-state index contributed by atoms with van der Waals surface area (Å²) in [6.07, 6.45) is 0. The molecule has 0 spiro atoms. The summed E-state index contributed by atoms with van der Waals surface area (Å²) in [6.45, 7) is 11.2. The Morgan fingerprint density at radius 1 is 1.11 bits per heavy atom. The summed E-state index contributed by atoms with van der Waals surface area (Å²) >= 11 is 0. The van der Waals surface area contributed by atoms with Gasteiger partial charge in [0.2, 0.25) is 0 Å². The van der Waals surface area contributed by atoms with Crippen LogP contribution in [0.1, 0.15) is 40.2 Å². The van der Waals surface area contributed by atoms with Crippen molar-refractivity contribution < 1.29 is 9.31 Å². The lowest BCUT2D eigenvalue weighted by Crippen LogP contribution is -2.48. The molecule has 2 N–H and O–H groups in total. The quantitative estimate of drug-likeness (QED) is 0.847. The minimum absolute atomic E-state index is 0.287. The van der Waals surface area contributed by atoms with Crippen LogP contribution < -0.4 is 11.2 Å². The molecule has 1 atom stereocenters. The van der Waals surface area contributed by atoms with Crippen LogP contribution in [0.3, 0.4) is 0 Å². The van der Waals surface area contributed by atoms with E-state index in [1.807, 2.05) is 24.3 Å². The van der Waals surface area contributed by atoms with Crippen LogP contribution in [0.2, 0.25) is 0 Å². The standard InChI is InChI=1S/C15H24BNO2/c1-11(2)15(5)14(3,4)18-16(19-15)13-8-6-12(10-17)7-9-13/h6-9,11H,10,17H2,1-5H3. The van der Waals surface area contributed by atoms with Crippen LogP contribution in [0, 0.1) is 5.92 Å². The average Bonchev–Trinajstić information content (AvgIpc) is 2.62. The number of rotatable bonds is 3. The van der Waals surface area contributed by atoms with E-state index < -0.39 is 0 Å².